The number of carbonyl (C=O) groups is 1. The Hall–Kier alpha value is -1.92. The summed E-state index contributed by atoms with van der Waals surface area (Å²) in [6, 6.07) is 16.3. The Morgan fingerprint density at radius 2 is 1.60 bits per heavy atom. The normalized spacial score (nSPS) is 19.0. The van der Waals surface area contributed by atoms with Gasteiger partial charge in [-0.3, -0.25) is 14.6 Å². The number of halogens is 1. The second-order valence-electron chi connectivity index (χ2n) is 8.24. The first-order chi connectivity index (χ1) is 14.7. The van der Waals surface area contributed by atoms with Crippen LogP contribution in [0.2, 0.25) is 5.02 Å². The van der Waals surface area contributed by atoms with Crippen molar-refractivity contribution in [2.75, 3.05) is 39.4 Å². The lowest BCUT2D eigenvalue weighted by Crippen LogP contribution is -2.44. The van der Waals surface area contributed by atoms with Gasteiger partial charge in [0.2, 0.25) is 0 Å². The van der Waals surface area contributed by atoms with E-state index in [4.69, 9.17) is 16.3 Å². The van der Waals surface area contributed by atoms with Crippen molar-refractivity contribution >= 4 is 17.5 Å². The lowest BCUT2D eigenvalue weighted by atomic mass is 10.0. The molecule has 0 atom stereocenters. The maximum absolute atomic E-state index is 12.8. The molecule has 2 aromatic rings. The molecule has 6 heteroatoms. The first-order valence-corrected chi connectivity index (χ1v) is 11.2. The van der Waals surface area contributed by atoms with Crippen molar-refractivity contribution in [3.05, 3.63) is 70.2 Å². The molecular weight excluding hydrogens is 398 g/mol. The van der Waals surface area contributed by atoms with Crippen LogP contribution < -0.4 is 5.32 Å². The van der Waals surface area contributed by atoms with E-state index in [9.17, 15) is 4.79 Å². The molecule has 0 aromatic heterocycles. The summed E-state index contributed by atoms with van der Waals surface area (Å²) >= 11 is 5.97. The quantitative estimate of drug-likeness (QED) is 0.765. The number of nitrogens with zero attached hydrogens (tertiary/aromatic N) is 2. The van der Waals surface area contributed by atoms with Gasteiger partial charge in [0.25, 0.3) is 5.91 Å². The van der Waals surface area contributed by atoms with Crippen molar-refractivity contribution in [3.8, 4) is 0 Å². The summed E-state index contributed by atoms with van der Waals surface area (Å²) in [5.74, 6) is 0.0370. The van der Waals surface area contributed by atoms with Crippen LogP contribution in [0.15, 0.2) is 48.5 Å². The van der Waals surface area contributed by atoms with Gasteiger partial charge in [0.1, 0.15) is 0 Å². The molecule has 5 nitrogen and oxygen atoms in total. The molecule has 2 fully saturated rings. The van der Waals surface area contributed by atoms with Crippen LogP contribution in [-0.4, -0.2) is 61.1 Å². The number of nitrogens with one attached hydrogen (secondary N) is 1. The fourth-order valence-corrected chi connectivity index (χ4v) is 4.31. The predicted octanol–water partition coefficient (Wildman–Crippen LogP) is 3.57. The average molecular weight is 428 g/mol. The minimum absolute atomic E-state index is 0.0370. The monoisotopic (exact) mass is 427 g/mol. The third kappa shape index (κ3) is 6.05. The van der Waals surface area contributed by atoms with Gasteiger partial charge in [-0.25, -0.2) is 0 Å². The van der Waals surface area contributed by atoms with Crippen molar-refractivity contribution in [1.82, 2.24) is 15.1 Å². The van der Waals surface area contributed by atoms with Crippen LogP contribution in [0.1, 0.15) is 34.3 Å². The van der Waals surface area contributed by atoms with Gasteiger partial charge in [0.15, 0.2) is 0 Å². The molecule has 0 aliphatic carbocycles. The second-order valence-corrected chi connectivity index (χ2v) is 8.68. The molecule has 0 spiro atoms. The Labute approximate surface area is 184 Å². The predicted molar refractivity (Wildman–Crippen MR) is 120 cm³/mol. The second kappa shape index (κ2) is 10.4. The fraction of sp³-hybridized carbons (Fsp3) is 0.458. The van der Waals surface area contributed by atoms with E-state index < -0.39 is 0 Å². The molecule has 2 saturated heterocycles. The fourth-order valence-electron chi connectivity index (χ4n) is 4.18. The summed E-state index contributed by atoms with van der Waals surface area (Å²) in [6.45, 7) is 7.26. The highest BCUT2D eigenvalue weighted by atomic mass is 35.5. The Balaban J connectivity index is 1.25. The Morgan fingerprint density at radius 3 is 2.33 bits per heavy atom. The molecule has 30 heavy (non-hydrogen) atoms. The van der Waals surface area contributed by atoms with Gasteiger partial charge in [-0.2, -0.15) is 0 Å². The first kappa shape index (κ1) is 21.3. The minimum atomic E-state index is 0.0370. The summed E-state index contributed by atoms with van der Waals surface area (Å²) in [4.78, 5) is 17.6. The van der Waals surface area contributed by atoms with E-state index >= 15 is 0 Å². The van der Waals surface area contributed by atoms with E-state index in [-0.39, 0.29) is 11.9 Å². The highest BCUT2D eigenvalue weighted by Gasteiger charge is 2.21. The number of ether oxygens (including phenoxy) is 1. The average Bonchev–Trinajstić information content (AvgIpc) is 2.77. The standard InChI is InChI=1S/C24H30ClN3O2/c25-22-6-4-19(5-7-22)17-27-10-8-23(9-11-27)26-24(29)21-3-1-2-20(16-21)18-28-12-14-30-15-13-28/h1-7,16,23H,8-15,17-18H2,(H,26,29). The number of morpholine rings is 1. The van der Waals surface area contributed by atoms with E-state index in [0.29, 0.717) is 0 Å². The topological polar surface area (TPSA) is 44.8 Å². The first-order valence-electron chi connectivity index (χ1n) is 10.8. The number of rotatable bonds is 6. The number of piperidine rings is 1. The van der Waals surface area contributed by atoms with Crippen molar-refractivity contribution in [2.45, 2.75) is 32.0 Å². The Kier molecular flexibility index (Phi) is 7.39. The largest absolute Gasteiger partial charge is 0.379 e. The summed E-state index contributed by atoms with van der Waals surface area (Å²) in [5.41, 5.74) is 3.21. The molecule has 160 valence electrons. The number of hydrogen-bond donors (Lipinski definition) is 1. The van der Waals surface area contributed by atoms with E-state index in [1.807, 2.05) is 30.3 Å². The summed E-state index contributed by atoms with van der Waals surface area (Å²) in [6.07, 6.45) is 1.96. The van der Waals surface area contributed by atoms with E-state index in [2.05, 4.69) is 33.3 Å². The molecular formula is C24H30ClN3O2. The van der Waals surface area contributed by atoms with Crippen LogP contribution in [0.4, 0.5) is 0 Å². The molecule has 4 rings (SSSR count). The highest BCUT2D eigenvalue weighted by Crippen LogP contribution is 2.17. The molecule has 0 bridgehead atoms. The smallest absolute Gasteiger partial charge is 0.251 e. The van der Waals surface area contributed by atoms with Crippen LogP contribution in [0, 0.1) is 0 Å². The summed E-state index contributed by atoms with van der Waals surface area (Å²) in [7, 11) is 0. The van der Waals surface area contributed by atoms with Crippen LogP contribution in [-0.2, 0) is 17.8 Å². The van der Waals surface area contributed by atoms with Crippen LogP contribution in [0.3, 0.4) is 0 Å². The zero-order valence-corrected chi connectivity index (χ0v) is 18.1. The van der Waals surface area contributed by atoms with Gasteiger partial charge in [-0.05, 0) is 48.2 Å². The lowest BCUT2D eigenvalue weighted by Gasteiger charge is -2.32. The van der Waals surface area contributed by atoms with Crippen molar-refractivity contribution in [3.63, 3.8) is 0 Å². The third-order valence-corrected chi connectivity index (χ3v) is 6.19. The van der Waals surface area contributed by atoms with E-state index in [1.165, 1.54) is 11.1 Å². The van der Waals surface area contributed by atoms with Gasteiger partial charge in [0, 0.05) is 55.9 Å². The van der Waals surface area contributed by atoms with Gasteiger partial charge in [-0.15, -0.1) is 0 Å². The minimum Gasteiger partial charge on any atom is -0.379 e. The SMILES string of the molecule is O=C(NC1CCN(Cc2ccc(Cl)cc2)CC1)c1cccc(CN2CCOCC2)c1. The molecule has 2 aromatic carbocycles. The Bertz CT molecular complexity index is 829. The number of benzene rings is 2. The zero-order valence-electron chi connectivity index (χ0n) is 17.4. The Morgan fingerprint density at radius 1 is 0.933 bits per heavy atom. The molecule has 0 saturated carbocycles. The highest BCUT2D eigenvalue weighted by molar-refractivity contribution is 6.30. The summed E-state index contributed by atoms with van der Waals surface area (Å²) < 4.78 is 5.41. The number of likely N-dealkylation sites (tertiary alicyclic amines) is 1. The van der Waals surface area contributed by atoms with Crippen LogP contribution in [0.25, 0.3) is 0 Å². The number of hydrogen-bond acceptors (Lipinski definition) is 4. The van der Waals surface area contributed by atoms with E-state index in [1.54, 1.807) is 0 Å². The zero-order chi connectivity index (χ0) is 20.8. The third-order valence-electron chi connectivity index (χ3n) is 5.94. The van der Waals surface area contributed by atoms with Crippen molar-refractivity contribution in [1.29, 1.82) is 0 Å². The van der Waals surface area contributed by atoms with Gasteiger partial charge < -0.3 is 10.1 Å². The number of carbonyl (C=O) groups excluding carboxylic acids is 1. The van der Waals surface area contributed by atoms with Gasteiger partial charge >= 0.3 is 0 Å². The van der Waals surface area contributed by atoms with E-state index in [0.717, 1.165) is 75.9 Å². The van der Waals surface area contributed by atoms with Gasteiger partial charge in [0.05, 0.1) is 13.2 Å². The molecule has 1 amide bonds. The molecule has 0 radical (unpaired) electrons. The van der Waals surface area contributed by atoms with Gasteiger partial charge in [-0.1, -0.05) is 35.9 Å². The maximum atomic E-state index is 12.8. The molecule has 1 N–H and O–H groups in total. The molecule has 2 aliphatic heterocycles. The van der Waals surface area contributed by atoms with Crippen LogP contribution >= 0.6 is 11.6 Å². The maximum Gasteiger partial charge on any atom is 0.251 e. The molecule has 2 aliphatic rings. The van der Waals surface area contributed by atoms with Crippen molar-refractivity contribution < 1.29 is 9.53 Å². The van der Waals surface area contributed by atoms with Crippen molar-refractivity contribution in [2.24, 2.45) is 0 Å². The molecule has 0 unspecified atom stereocenters. The van der Waals surface area contributed by atoms with Crippen LogP contribution in [0.5, 0.6) is 0 Å². The number of amides is 1. The molecule has 2 heterocycles. The summed E-state index contributed by atoms with van der Waals surface area (Å²) in [5, 5.41) is 4.01. The lowest BCUT2D eigenvalue weighted by molar-refractivity contribution is 0.0342.